The van der Waals surface area contributed by atoms with Crippen molar-refractivity contribution in [1.82, 2.24) is 20.1 Å². The zero-order valence-electron chi connectivity index (χ0n) is 22.9. The summed E-state index contributed by atoms with van der Waals surface area (Å²) in [5.74, 6) is 0.174. The minimum Gasteiger partial charge on any atom is -0.406 e. The highest BCUT2D eigenvalue weighted by Crippen LogP contribution is 2.41. The number of nitrogens with one attached hydrogen (secondary N) is 1. The van der Waals surface area contributed by atoms with Crippen LogP contribution in [-0.2, 0) is 11.2 Å². The summed E-state index contributed by atoms with van der Waals surface area (Å²) in [4.78, 5) is 34.1. The van der Waals surface area contributed by atoms with Crippen LogP contribution in [0.3, 0.4) is 0 Å². The summed E-state index contributed by atoms with van der Waals surface area (Å²) in [5, 5.41) is 7.96. The first-order valence-electron chi connectivity index (χ1n) is 13.7. The molecule has 3 unspecified atom stereocenters. The molecule has 1 aromatic heterocycles. The molecule has 1 aliphatic carbocycles. The first kappa shape index (κ1) is 28.7. The van der Waals surface area contributed by atoms with Gasteiger partial charge in [-0.3, -0.25) is 4.79 Å². The summed E-state index contributed by atoms with van der Waals surface area (Å²) in [6.07, 6.45) is -1.69. The molecule has 1 aliphatic heterocycles. The minimum atomic E-state index is -4.75. The highest BCUT2D eigenvalue weighted by Gasteiger charge is 2.40. The number of alkyl halides is 3. The summed E-state index contributed by atoms with van der Waals surface area (Å²) in [7, 11) is 0. The van der Waals surface area contributed by atoms with Gasteiger partial charge in [0.05, 0.1) is 22.4 Å². The van der Waals surface area contributed by atoms with Gasteiger partial charge >= 0.3 is 12.4 Å². The lowest BCUT2D eigenvalue weighted by Gasteiger charge is -2.14. The summed E-state index contributed by atoms with van der Waals surface area (Å²) < 4.78 is 42.6. The highest BCUT2D eigenvalue weighted by atomic mass is 32.2. The second kappa shape index (κ2) is 11.7. The van der Waals surface area contributed by atoms with Gasteiger partial charge in [0.1, 0.15) is 12.1 Å². The molecule has 2 amide bonds. The number of amides is 2. The number of aryl methyl sites for hydroxylation is 1. The van der Waals surface area contributed by atoms with Crippen molar-refractivity contribution in [1.29, 1.82) is 0 Å². The second-order valence-corrected chi connectivity index (χ2v) is 11.3. The van der Waals surface area contributed by atoms with Gasteiger partial charge < -0.3 is 10.1 Å². The fourth-order valence-electron chi connectivity index (χ4n) is 5.20. The largest absolute Gasteiger partial charge is 0.573 e. The molecule has 8 nitrogen and oxygen atoms in total. The molecule has 6 rings (SSSR count). The predicted molar refractivity (Wildman–Crippen MR) is 157 cm³/mol. The molecule has 43 heavy (non-hydrogen) atoms. The van der Waals surface area contributed by atoms with Crippen LogP contribution in [0.25, 0.3) is 17.1 Å². The Morgan fingerprint density at radius 1 is 1.09 bits per heavy atom. The Balaban J connectivity index is 1.07. The Morgan fingerprint density at radius 3 is 2.56 bits per heavy atom. The van der Waals surface area contributed by atoms with Crippen LogP contribution in [0.15, 0.2) is 84.1 Å². The van der Waals surface area contributed by atoms with Crippen LogP contribution in [0.5, 0.6) is 5.75 Å². The van der Waals surface area contributed by atoms with Crippen molar-refractivity contribution in [2.45, 2.75) is 44.0 Å². The number of aromatic nitrogens is 3. The van der Waals surface area contributed by atoms with E-state index in [1.807, 2.05) is 55.5 Å². The molecule has 2 fully saturated rings. The number of ketones is 1. The first-order valence-corrected chi connectivity index (χ1v) is 14.7. The first-order chi connectivity index (χ1) is 20.7. The molecule has 0 radical (unpaired) electrons. The van der Waals surface area contributed by atoms with Crippen LogP contribution in [0.1, 0.15) is 41.9 Å². The number of hydrogen-bond acceptors (Lipinski definition) is 6. The van der Waals surface area contributed by atoms with Crippen molar-refractivity contribution in [3.05, 3.63) is 95.8 Å². The Labute approximate surface area is 249 Å². The number of hydrogen-bond donors (Lipinski definition) is 1. The highest BCUT2D eigenvalue weighted by molar-refractivity contribution is 8.15. The average molecular weight is 606 g/mol. The molecule has 220 valence electrons. The lowest BCUT2D eigenvalue weighted by Crippen LogP contribution is -2.25. The van der Waals surface area contributed by atoms with E-state index in [-0.39, 0.29) is 23.5 Å². The van der Waals surface area contributed by atoms with Gasteiger partial charge in [-0.25, -0.2) is 14.5 Å². The van der Waals surface area contributed by atoms with E-state index in [2.05, 4.69) is 25.1 Å². The van der Waals surface area contributed by atoms with Crippen LogP contribution in [-0.4, -0.2) is 49.8 Å². The topological polar surface area (TPSA) is 98.5 Å². The normalized spacial score (nSPS) is 20.8. The number of halogens is 3. The number of benzene rings is 3. The number of aliphatic imine (C=N–C) groups is 1. The molecule has 1 N–H and O–H groups in total. The quantitative estimate of drug-likeness (QED) is 0.260. The number of rotatable bonds is 7. The van der Waals surface area contributed by atoms with Crippen LogP contribution in [0.2, 0.25) is 0 Å². The predicted octanol–water partition coefficient (Wildman–Crippen LogP) is 6.46. The number of Topliss-reactive ketones (excluding diaryl/α,β-unsaturated/α-hetero) is 1. The maximum Gasteiger partial charge on any atom is 0.573 e. The SMILES string of the molecule is CCc1ccccc1C1C(=O)CS/C1=N\C(=O)NC1CC1c1ccc(-c2ncn(-c3ccc(OC(F)(F)F)cc3)n2)cc1. The third kappa shape index (κ3) is 6.48. The van der Waals surface area contributed by atoms with Crippen molar-refractivity contribution >= 4 is 28.6 Å². The van der Waals surface area contributed by atoms with Gasteiger partial charge in [-0.1, -0.05) is 55.5 Å². The van der Waals surface area contributed by atoms with E-state index in [9.17, 15) is 22.8 Å². The lowest BCUT2D eigenvalue weighted by molar-refractivity contribution is -0.274. The van der Waals surface area contributed by atoms with Crippen LogP contribution in [0.4, 0.5) is 18.0 Å². The van der Waals surface area contributed by atoms with Gasteiger partial charge in [-0.05, 0) is 53.8 Å². The number of urea groups is 1. The van der Waals surface area contributed by atoms with Gasteiger partial charge in [-0.2, -0.15) is 4.99 Å². The van der Waals surface area contributed by atoms with E-state index in [0.717, 1.165) is 35.1 Å². The molecule has 2 heterocycles. The number of carbonyl (C=O) groups is 2. The van der Waals surface area contributed by atoms with Crippen molar-refractivity contribution in [2.75, 3.05) is 5.75 Å². The average Bonchev–Trinajstić information content (AvgIpc) is 3.39. The molecule has 3 atom stereocenters. The van der Waals surface area contributed by atoms with E-state index in [1.54, 1.807) is 0 Å². The Hall–Kier alpha value is -4.45. The van der Waals surface area contributed by atoms with Crippen LogP contribution in [0, 0.1) is 0 Å². The van der Waals surface area contributed by atoms with Gasteiger partial charge in [0.15, 0.2) is 11.6 Å². The maximum atomic E-state index is 12.8. The Morgan fingerprint density at radius 2 is 1.84 bits per heavy atom. The molecule has 0 spiro atoms. The minimum absolute atomic E-state index is 0.0483. The maximum absolute atomic E-state index is 12.8. The fourth-order valence-corrected chi connectivity index (χ4v) is 6.23. The molecule has 3 aromatic carbocycles. The molecule has 1 saturated carbocycles. The molecular formula is C31H26F3N5O3S. The van der Waals surface area contributed by atoms with Crippen molar-refractivity contribution in [3.63, 3.8) is 0 Å². The third-order valence-electron chi connectivity index (χ3n) is 7.41. The van der Waals surface area contributed by atoms with Gasteiger partial charge in [0, 0.05) is 17.5 Å². The zero-order chi connectivity index (χ0) is 30.1. The number of nitrogens with zero attached hydrogens (tertiary/aromatic N) is 4. The molecular weight excluding hydrogens is 579 g/mol. The monoisotopic (exact) mass is 605 g/mol. The van der Waals surface area contributed by atoms with E-state index in [4.69, 9.17) is 0 Å². The van der Waals surface area contributed by atoms with Gasteiger partial charge in [0.25, 0.3) is 0 Å². The van der Waals surface area contributed by atoms with Crippen molar-refractivity contribution in [3.8, 4) is 22.8 Å². The molecule has 12 heteroatoms. The molecule has 2 aliphatic rings. The Bertz CT molecular complexity index is 1690. The summed E-state index contributed by atoms with van der Waals surface area (Å²) in [6, 6.07) is 20.4. The molecule has 1 saturated heterocycles. The fraction of sp³-hybridized carbons (Fsp3) is 0.258. The summed E-state index contributed by atoms with van der Waals surface area (Å²) >= 11 is 1.33. The number of thioether (sulfide) groups is 1. The summed E-state index contributed by atoms with van der Waals surface area (Å²) in [6.45, 7) is 2.04. The van der Waals surface area contributed by atoms with Crippen LogP contribution >= 0.6 is 11.8 Å². The molecule has 0 bridgehead atoms. The number of carbonyl (C=O) groups excluding carboxylic acids is 2. The van der Waals surface area contributed by atoms with Crippen molar-refractivity contribution < 1.29 is 27.5 Å². The molecule has 4 aromatic rings. The van der Waals surface area contributed by atoms with Gasteiger partial charge in [-0.15, -0.1) is 30.0 Å². The zero-order valence-corrected chi connectivity index (χ0v) is 23.7. The van der Waals surface area contributed by atoms with E-state index in [0.29, 0.717) is 22.3 Å². The van der Waals surface area contributed by atoms with E-state index in [1.165, 1.54) is 47.0 Å². The Kier molecular flexibility index (Phi) is 7.78. The van der Waals surface area contributed by atoms with Gasteiger partial charge in [0.2, 0.25) is 0 Å². The second-order valence-electron chi connectivity index (χ2n) is 10.3. The number of ether oxygens (including phenoxy) is 1. The smallest absolute Gasteiger partial charge is 0.406 e. The standard InChI is InChI=1S/C31H26F3N5O3S/c1-2-18-5-3-4-6-23(18)27-26(40)16-43-29(27)37-30(41)36-25-15-24(25)19-7-9-20(10-8-19)28-35-17-39(38-28)21-11-13-22(14-12-21)42-31(32,33)34/h3-14,17,24-25,27H,2,15-16H2,1H3,(H,36,41)/b37-29-. The third-order valence-corrected chi connectivity index (χ3v) is 8.46. The van der Waals surface area contributed by atoms with E-state index < -0.39 is 18.3 Å². The lowest BCUT2D eigenvalue weighted by atomic mass is 9.91. The van der Waals surface area contributed by atoms with Crippen LogP contribution < -0.4 is 10.1 Å². The van der Waals surface area contributed by atoms with E-state index >= 15 is 0 Å². The van der Waals surface area contributed by atoms with Crippen molar-refractivity contribution in [2.24, 2.45) is 4.99 Å². The summed E-state index contributed by atoms with van der Waals surface area (Å²) in [5.41, 5.74) is 4.36.